The van der Waals surface area contributed by atoms with Gasteiger partial charge in [0.05, 0.1) is 5.69 Å². The van der Waals surface area contributed by atoms with Gasteiger partial charge in [-0.2, -0.15) is 0 Å². The number of para-hydroxylation sites is 1. The van der Waals surface area contributed by atoms with E-state index in [1.807, 2.05) is 29.0 Å². The standard InChI is InChI=1S/C18H24FN3/c1-20-12-14-21(15-13-20)10-4-6-16-7-5-11-22(16)18-9-3-2-8-17(18)19/h2-3,5,7-9,11H,4,6,10,12-15H2,1H3. The molecule has 1 aromatic heterocycles. The summed E-state index contributed by atoms with van der Waals surface area (Å²) in [4.78, 5) is 4.90. The maximum Gasteiger partial charge on any atom is 0.147 e. The Hall–Kier alpha value is -1.65. The smallest absolute Gasteiger partial charge is 0.147 e. The molecule has 1 saturated heterocycles. The van der Waals surface area contributed by atoms with E-state index in [1.165, 1.54) is 11.8 Å². The van der Waals surface area contributed by atoms with E-state index >= 15 is 0 Å². The number of hydrogen-bond donors (Lipinski definition) is 0. The van der Waals surface area contributed by atoms with Crippen LogP contribution in [-0.4, -0.2) is 54.1 Å². The quantitative estimate of drug-likeness (QED) is 0.841. The van der Waals surface area contributed by atoms with Crippen LogP contribution in [0.5, 0.6) is 0 Å². The van der Waals surface area contributed by atoms with Crippen molar-refractivity contribution in [1.29, 1.82) is 0 Å². The van der Waals surface area contributed by atoms with Gasteiger partial charge in [0, 0.05) is 38.1 Å². The van der Waals surface area contributed by atoms with Crippen molar-refractivity contribution in [2.24, 2.45) is 0 Å². The number of benzene rings is 1. The van der Waals surface area contributed by atoms with E-state index in [1.54, 1.807) is 6.07 Å². The largest absolute Gasteiger partial charge is 0.318 e. The van der Waals surface area contributed by atoms with Crippen LogP contribution in [0.4, 0.5) is 4.39 Å². The highest BCUT2D eigenvalue weighted by Crippen LogP contribution is 2.17. The van der Waals surface area contributed by atoms with Crippen molar-refractivity contribution in [2.75, 3.05) is 39.8 Å². The van der Waals surface area contributed by atoms with Crippen molar-refractivity contribution in [3.05, 3.63) is 54.1 Å². The molecule has 0 radical (unpaired) electrons. The molecule has 1 fully saturated rings. The molecule has 0 atom stereocenters. The minimum atomic E-state index is -0.168. The summed E-state index contributed by atoms with van der Waals surface area (Å²) in [6.07, 6.45) is 4.04. The summed E-state index contributed by atoms with van der Waals surface area (Å²) in [5.74, 6) is -0.168. The van der Waals surface area contributed by atoms with E-state index in [0.29, 0.717) is 5.69 Å². The average molecular weight is 301 g/mol. The normalized spacial score (nSPS) is 17.0. The lowest BCUT2D eigenvalue weighted by atomic mass is 10.2. The van der Waals surface area contributed by atoms with Gasteiger partial charge in [-0.05, 0) is 50.7 Å². The van der Waals surface area contributed by atoms with Crippen LogP contribution in [0.25, 0.3) is 5.69 Å². The van der Waals surface area contributed by atoms with Crippen LogP contribution in [0, 0.1) is 5.82 Å². The van der Waals surface area contributed by atoms with E-state index in [4.69, 9.17) is 0 Å². The first kappa shape index (κ1) is 15.3. The SMILES string of the molecule is CN1CCN(CCCc2cccn2-c2ccccc2F)CC1. The topological polar surface area (TPSA) is 11.4 Å². The van der Waals surface area contributed by atoms with Crippen LogP contribution in [0.3, 0.4) is 0 Å². The first-order chi connectivity index (χ1) is 10.7. The summed E-state index contributed by atoms with van der Waals surface area (Å²) in [6.45, 7) is 5.75. The number of likely N-dealkylation sites (N-methyl/N-ethyl adjacent to an activating group) is 1. The fourth-order valence-corrected chi connectivity index (χ4v) is 3.06. The molecule has 1 aromatic carbocycles. The van der Waals surface area contributed by atoms with Gasteiger partial charge in [-0.15, -0.1) is 0 Å². The van der Waals surface area contributed by atoms with Crippen molar-refractivity contribution in [1.82, 2.24) is 14.4 Å². The lowest BCUT2D eigenvalue weighted by Crippen LogP contribution is -2.44. The Labute approximate surface area is 132 Å². The van der Waals surface area contributed by atoms with E-state index < -0.39 is 0 Å². The Morgan fingerprint density at radius 3 is 2.55 bits per heavy atom. The van der Waals surface area contributed by atoms with Gasteiger partial charge in [-0.25, -0.2) is 4.39 Å². The van der Waals surface area contributed by atoms with E-state index in [9.17, 15) is 4.39 Å². The molecule has 2 aromatic rings. The first-order valence-electron chi connectivity index (χ1n) is 8.06. The molecule has 22 heavy (non-hydrogen) atoms. The molecule has 3 nitrogen and oxygen atoms in total. The number of rotatable bonds is 5. The molecule has 1 aliphatic rings. The lowest BCUT2D eigenvalue weighted by Gasteiger charge is -2.32. The first-order valence-corrected chi connectivity index (χ1v) is 8.06. The van der Waals surface area contributed by atoms with Gasteiger partial charge < -0.3 is 14.4 Å². The van der Waals surface area contributed by atoms with Gasteiger partial charge >= 0.3 is 0 Å². The van der Waals surface area contributed by atoms with Crippen LogP contribution in [0.2, 0.25) is 0 Å². The molecule has 0 amide bonds. The third-order valence-electron chi connectivity index (χ3n) is 4.45. The zero-order valence-corrected chi connectivity index (χ0v) is 13.2. The molecule has 0 aliphatic carbocycles. The van der Waals surface area contributed by atoms with Gasteiger partial charge in [0.15, 0.2) is 0 Å². The molecule has 0 bridgehead atoms. The number of aryl methyl sites for hydroxylation is 1. The van der Waals surface area contributed by atoms with Crippen LogP contribution >= 0.6 is 0 Å². The number of aromatic nitrogens is 1. The Balaban J connectivity index is 1.58. The highest BCUT2D eigenvalue weighted by Gasteiger charge is 2.13. The Morgan fingerprint density at radius 2 is 1.77 bits per heavy atom. The second kappa shape index (κ2) is 7.07. The van der Waals surface area contributed by atoms with Crippen LogP contribution in [0.1, 0.15) is 12.1 Å². The average Bonchev–Trinajstić information content (AvgIpc) is 2.98. The molecule has 4 heteroatoms. The van der Waals surface area contributed by atoms with Crippen molar-refractivity contribution >= 4 is 0 Å². The molecule has 0 N–H and O–H groups in total. The Morgan fingerprint density at radius 1 is 1.00 bits per heavy atom. The zero-order chi connectivity index (χ0) is 15.4. The second-order valence-electron chi connectivity index (χ2n) is 6.07. The summed E-state index contributed by atoms with van der Waals surface area (Å²) in [5, 5.41) is 0. The van der Waals surface area contributed by atoms with Crippen molar-refractivity contribution < 1.29 is 4.39 Å². The molecule has 3 rings (SSSR count). The monoisotopic (exact) mass is 301 g/mol. The van der Waals surface area contributed by atoms with Crippen molar-refractivity contribution in [3.63, 3.8) is 0 Å². The van der Waals surface area contributed by atoms with E-state index in [-0.39, 0.29) is 5.82 Å². The summed E-state index contributed by atoms with van der Waals surface area (Å²) in [6, 6.07) is 11.1. The number of halogens is 1. The maximum absolute atomic E-state index is 13.9. The molecular formula is C18H24FN3. The van der Waals surface area contributed by atoms with Crippen molar-refractivity contribution in [2.45, 2.75) is 12.8 Å². The predicted octanol–water partition coefficient (Wildman–Crippen LogP) is 2.80. The van der Waals surface area contributed by atoms with Crippen LogP contribution in [-0.2, 0) is 6.42 Å². The highest BCUT2D eigenvalue weighted by atomic mass is 19.1. The Bertz CT molecular complexity index is 600. The molecule has 0 spiro atoms. The molecule has 2 heterocycles. The van der Waals surface area contributed by atoms with Gasteiger partial charge in [0.2, 0.25) is 0 Å². The van der Waals surface area contributed by atoms with E-state index in [2.05, 4.69) is 22.9 Å². The van der Waals surface area contributed by atoms with Gasteiger partial charge in [-0.1, -0.05) is 12.1 Å². The number of piperazine rings is 1. The highest BCUT2D eigenvalue weighted by molar-refractivity contribution is 5.36. The molecule has 0 unspecified atom stereocenters. The van der Waals surface area contributed by atoms with E-state index in [0.717, 1.165) is 45.6 Å². The Kier molecular flexibility index (Phi) is 4.90. The third-order valence-corrected chi connectivity index (χ3v) is 4.45. The predicted molar refractivity (Wildman–Crippen MR) is 88.0 cm³/mol. The second-order valence-corrected chi connectivity index (χ2v) is 6.07. The maximum atomic E-state index is 13.9. The van der Waals surface area contributed by atoms with Crippen molar-refractivity contribution in [3.8, 4) is 5.69 Å². The number of nitrogens with zero attached hydrogens (tertiary/aromatic N) is 3. The fraction of sp³-hybridized carbons (Fsp3) is 0.444. The van der Waals surface area contributed by atoms with Crippen LogP contribution in [0.15, 0.2) is 42.6 Å². The molecular weight excluding hydrogens is 277 g/mol. The summed E-state index contributed by atoms with van der Waals surface area (Å²) < 4.78 is 15.9. The third kappa shape index (κ3) is 3.57. The summed E-state index contributed by atoms with van der Waals surface area (Å²) >= 11 is 0. The molecule has 118 valence electrons. The minimum Gasteiger partial charge on any atom is -0.318 e. The van der Waals surface area contributed by atoms with Gasteiger partial charge in [0.1, 0.15) is 5.82 Å². The minimum absolute atomic E-state index is 0.168. The fourth-order valence-electron chi connectivity index (χ4n) is 3.06. The summed E-state index contributed by atoms with van der Waals surface area (Å²) in [7, 11) is 2.18. The zero-order valence-electron chi connectivity index (χ0n) is 13.2. The van der Waals surface area contributed by atoms with Gasteiger partial charge in [-0.3, -0.25) is 0 Å². The molecule has 1 aliphatic heterocycles. The summed E-state index contributed by atoms with van der Waals surface area (Å²) in [5.41, 5.74) is 1.82. The lowest BCUT2D eigenvalue weighted by molar-refractivity contribution is 0.153. The number of hydrogen-bond acceptors (Lipinski definition) is 2. The van der Waals surface area contributed by atoms with Crippen LogP contribution < -0.4 is 0 Å². The van der Waals surface area contributed by atoms with Gasteiger partial charge in [0.25, 0.3) is 0 Å². The molecule has 0 saturated carbocycles.